The summed E-state index contributed by atoms with van der Waals surface area (Å²) in [6.07, 6.45) is 3.56. The van der Waals surface area contributed by atoms with Gasteiger partial charge in [-0.3, -0.25) is 0 Å². The molecule has 0 amide bonds. The molecule has 0 atom stereocenters. The number of para-hydroxylation sites is 1. The first-order valence-corrected chi connectivity index (χ1v) is 4.49. The predicted octanol–water partition coefficient (Wildman–Crippen LogP) is 1.83. The van der Waals surface area contributed by atoms with Crippen molar-refractivity contribution in [3.63, 3.8) is 0 Å². The van der Waals surface area contributed by atoms with E-state index in [1.54, 1.807) is 24.3 Å². The van der Waals surface area contributed by atoms with Crippen molar-refractivity contribution in [1.29, 1.82) is 0 Å². The highest BCUT2D eigenvalue weighted by molar-refractivity contribution is 5.92. The van der Waals surface area contributed by atoms with Gasteiger partial charge < -0.3 is 9.84 Å². The van der Waals surface area contributed by atoms with Gasteiger partial charge in [-0.05, 0) is 12.1 Å². The molecule has 0 spiro atoms. The van der Waals surface area contributed by atoms with Gasteiger partial charge in [0, 0.05) is 11.6 Å². The van der Waals surface area contributed by atoms with Crippen LogP contribution in [0.15, 0.2) is 35.3 Å². The molecule has 1 aromatic rings. The van der Waals surface area contributed by atoms with Gasteiger partial charge in [0.1, 0.15) is 12.4 Å². The van der Waals surface area contributed by atoms with E-state index in [9.17, 15) is 5.11 Å². The highest BCUT2D eigenvalue weighted by atomic mass is 16.5. The summed E-state index contributed by atoms with van der Waals surface area (Å²) in [5.41, 5.74) is 0.769. The lowest BCUT2D eigenvalue weighted by atomic mass is 10.2. The van der Waals surface area contributed by atoms with Gasteiger partial charge in [-0.15, -0.1) is 0 Å². The summed E-state index contributed by atoms with van der Waals surface area (Å²) < 4.78 is 5.20. The van der Waals surface area contributed by atoms with Crippen LogP contribution < -0.4 is 0 Å². The summed E-state index contributed by atoms with van der Waals surface area (Å²) in [6.45, 7) is 1.38. The molecule has 0 radical (unpaired) electrons. The predicted molar refractivity (Wildman–Crippen MR) is 55.4 cm³/mol. The van der Waals surface area contributed by atoms with Crippen molar-refractivity contribution in [2.45, 2.75) is 0 Å². The number of rotatable bonds is 2. The van der Waals surface area contributed by atoms with Gasteiger partial charge in [-0.1, -0.05) is 18.2 Å². The maximum atomic E-state index is 9.45. The summed E-state index contributed by atoms with van der Waals surface area (Å²) in [5, 5.41) is 9.45. The van der Waals surface area contributed by atoms with Crippen LogP contribution in [0.5, 0.6) is 5.75 Å². The van der Waals surface area contributed by atoms with Crippen molar-refractivity contribution in [3.05, 3.63) is 35.9 Å². The molecule has 2 rings (SSSR count). The fourth-order valence-electron chi connectivity index (χ4n) is 1.24. The Labute approximate surface area is 82.4 Å². The molecule has 0 aliphatic carbocycles. The van der Waals surface area contributed by atoms with Crippen molar-refractivity contribution in [2.24, 2.45) is 4.99 Å². The smallest absolute Gasteiger partial charge is 0.208 e. The third-order valence-electron chi connectivity index (χ3n) is 1.95. The molecule has 3 heteroatoms. The maximum Gasteiger partial charge on any atom is 0.208 e. The minimum Gasteiger partial charge on any atom is -0.507 e. The monoisotopic (exact) mass is 189 g/mol. The largest absolute Gasteiger partial charge is 0.507 e. The van der Waals surface area contributed by atoms with Crippen LogP contribution in [-0.2, 0) is 4.74 Å². The first kappa shape index (κ1) is 8.81. The van der Waals surface area contributed by atoms with Crippen LogP contribution in [0.4, 0.5) is 0 Å². The number of nitrogens with zero attached hydrogens (tertiary/aromatic N) is 1. The van der Waals surface area contributed by atoms with Crippen molar-refractivity contribution in [3.8, 4) is 5.75 Å². The lowest BCUT2D eigenvalue weighted by Crippen LogP contribution is -1.92. The zero-order valence-electron chi connectivity index (χ0n) is 7.68. The number of aliphatic imine (C=N–C) groups is 1. The zero-order valence-corrected chi connectivity index (χ0v) is 7.68. The van der Waals surface area contributed by atoms with E-state index in [1.807, 2.05) is 12.1 Å². The fraction of sp³-hybridized carbons (Fsp3) is 0.182. The van der Waals surface area contributed by atoms with E-state index in [-0.39, 0.29) is 5.75 Å². The Balaban J connectivity index is 2.13. The van der Waals surface area contributed by atoms with Crippen LogP contribution in [0.2, 0.25) is 0 Å². The SMILES string of the molecule is Oc1ccccc1/C=C/C1=NCCO1. The minimum absolute atomic E-state index is 0.266. The number of hydrogen-bond acceptors (Lipinski definition) is 3. The summed E-state index contributed by atoms with van der Waals surface area (Å²) in [6, 6.07) is 7.14. The Bertz CT molecular complexity index is 383. The third-order valence-corrected chi connectivity index (χ3v) is 1.95. The van der Waals surface area contributed by atoms with Gasteiger partial charge >= 0.3 is 0 Å². The Morgan fingerprint density at radius 3 is 2.86 bits per heavy atom. The summed E-state index contributed by atoms with van der Waals surface area (Å²) >= 11 is 0. The van der Waals surface area contributed by atoms with E-state index in [2.05, 4.69) is 4.99 Å². The molecule has 0 saturated carbocycles. The number of benzene rings is 1. The second-order valence-corrected chi connectivity index (χ2v) is 2.96. The van der Waals surface area contributed by atoms with Crippen molar-refractivity contribution < 1.29 is 9.84 Å². The number of aromatic hydroxyl groups is 1. The highest BCUT2D eigenvalue weighted by Gasteiger charge is 2.02. The Morgan fingerprint density at radius 2 is 2.14 bits per heavy atom. The van der Waals surface area contributed by atoms with Gasteiger partial charge in [0.05, 0.1) is 6.54 Å². The van der Waals surface area contributed by atoms with Gasteiger partial charge in [-0.2, -0.15) is 0 Å². The maximum absolute atomic E-state index is 9.45. The molecule has 14 heavy (non-hydrogen) atoms. The summed E-state index contributed by atoms with van der Waals surface area (Å²) in [4.78, 5) is 4.11. The zero-order chi connectivity index (χ0) is 9.80. The Kier molecular flexibility index (Phi) is 2.49. The second kappa shape index (κ2) is 3.96. The molecular formula is C11H11NO2. The molecule has 1 aliphatic rings. The molecule has 0 unspecified atom stereocenters. The molecule has 1 aliphatic heterocycles. The second-order valence-electron chi connectivity index (χ2n) is 2.96. The van der Waals surface area contributed by atoms with E-state index in [0.29, 0.717) is 12.5 Å². The van der Waals surface area contributed by atoms with Crippen molar-refractivity contribution in [1.82, 2.24) is 0 Å². The minimum atomic E-state index is 0.266. The van der Waals surface area contributed by atoms with Crippen molar-refractivity contribution >= 4 is 12.0 Å². The third kappa shape index (κ3) is 1.93. The summed E-state index contributed by atoms with van der Waals surface area (Å²) in [5.74, 6) is 0.899. The number of phenols is 1. The lowest BCUT2D eigenvalue weighted by Gasteiger charge is -1.97. The Hall–Kier alpha value is -1.77. The molecule has 72 valence electrons. The highest BCUT2D eigenvalue weighted by Crippen LogP contribution is 2.17. The molecule has 3 nitrogen and oxygen atoms in total. The van der Waals surface area contributed by atoms with Crippen LogP contribution in [0.1, 0.15) is 5.56 Å². The Morgan fingerprint density at radius 1 is 1.29 bits per heavy atom. The molecule has 1 aromatic carbocycles. The van der Waals surface area contributed by atoms with Crippen molar-refractivity contribution in [2.75, 3.05) is 13.2 Å². The molecule has 0 saturated heterocycles. The van der Waals surface area contributed by atoms with E-state index >= 15 is 0 Å². The molecule has 1 heterocycles. The van der Waals surface area contributed by atoms with E-state index in [1.165, 1.54) is 0 Å². The van der Waals surface area contributed by atoms with Crippen LogP contribution in [0.25, 0.3) is 6.08 Å². The average Bonchev–Trinajstić information content (AvgIpc) is 2.69. The molecule has 0 fully saturated rings. The number of ether oxygens (including phenoxy) is 1. The van der Waals surface area contributed by atoms with E-state index in [4.69, 9.17) is 4.74 Å². The topological polar surface area (TPSA) is 41.8 Å². The van der Waals surface area contributed by atoms with Crippen LogP contribution in [-0.4, -0.2) is 24.2 Å². The number of phenolic OH excluding ortho intramolecular Hbond substituents is 1. The van der Waals surface area contributed by atoms with Crippen LogP contribution in [0, 0.1) is 0 Å². The normalized spacial score (nSPS) is 15.6. The first-order valence-electron chi connectivity index (χ1n) is 4.49. The van der Waals surface area contributed by atoms with Gasteiger partial charge in [0.25, 0.3) is 0 Å². The van der Waals surface area contributed by atoms with E-state index < -0.39 is 0 Å². The standard InChI is InChI=1S/C11H11NO2/c13-10-4-2-1-3-9(10)5-6-11-12-7-8-14-11/h1-6,13H,7-8H2/b6-5+. The number of hydrogen-bond donors (Lipinski definition) is 1. The molecule has 1 N–H and O–H groups in total. The van der Waals surface area contributed by atoms with Crippen LogP contribution in [0.3, 0.4) is 0 Å². The fourth-order valence-corrected chi connectivity index (χ4v) is 1.24. The van der Waals surface area contributed by atoms with Gasteiger partial charge in [-0.25, -0.2) is 4.99 Å². The molecule has 0 bridgehead atoms. The summed E-state index contributed by atoms with van der Waals surface area (Å²) in [7, 11) is 0. The first-order chi connectivity index (χ1) is 6.86. The average molecular weight is 189 g/mol. The quantitative estimate of drug-likeness (QED) is 0.771. The van der Waals surface area contributed by atoms with Crippen LogP contribution >= 0.6 is 0 Å². The lowest BCUT2D eigenvalue weighted by molar-refractivity contribution is 0.350. The molecule has 0 aromatic heterocycles. The van der Waals surface area contributed by atoms with E-state index in [0.717, 1.165) is 12.1 Å². The van der Waals surface area contributed by atoms with Gasteiger partial charge in [0.2, 0.25) is 5.90 Å². The molecular weight excluding hydrogens is 178 g/mol. The van der Waals surface area contributed by atoms with Gasteiger partial charge in [0.15, 0.2) is 0 Å².